The molecule has 1 amide bonds. The van der Waals surface area contributed by atoms with E-state index in [2.05, 4.69) is 22.2 Å². The molecule has 0 saturated heterocycles. The molecule has 1 N–H and O–H groups in total. The van der Waals surface area contributed by atoms with Gasteiger partial charge in [-0.3, -0.25) is 14.4 Å². The minimum atomic E-state index is -0.958. The average molecular weight is 378 g/mol. The third-order valence-electron chi connectivity index (χ3n) is 4.66. The van der Waals surface area contributed by atoms with Crippen LogP contribution in [0.2, 0.25) is 0 Å². The van der Waals surface area contributed by atoms with Crippen LogP contribution in [0, 0.1) is 11.6 Å². The Hall–Kier alpha value is -2.48. The van der Waals surface area contributed by atoms with E-state index in [0.29, 0.717) is 5.69 Å². The van der Waals surface area contributed by atoms with Crippen LogP contribution in [0.5, 0.6) is 5.75 Å². The van der Waals surface area contributed by atoms with Crippen LogP contribution < -0.4 is 10.1 Å². The first-order valence-corrected chi connectivity index (χ1v) is 9.11. The summed E-state index contributed by atoms with van der Waals surface area (Å²) in [5, 5.41) is 7.01. The molecule has 0 aliphatic carbocycles. The summed E-state index contributed by atoms with van der Waals surface area (Å²) in [7, 11) is 1.30. The first kappa shape index (κ1) is 19.3. The van der Waals surface area contributed by atoms with E-state index >= 15 is 0 Å². The zero-order valence-electron chi connectivity index (χ0n) is 15.6. The number of rotatable bonds is 7. The van der Waals surface area contributed by atoms with Gasteiger partial charge < -0.3 is 10.1 Å². The number of carbonyl (C=O) groups excluding carboxylic acids is 1. The lowest BCUT2D eigenvalue weighted by molar-refractivity contribution is 0.0941. The zero-order chi connectivity index (χ0) is 19.4. The highest BCUT2D eigenvalue weighted by Crippen LogP contribution is 2.20. The van der Waals surface area contributed by atoms with Gasteiger partial charge in [-0.15, -0.1) is 0 Å². The Morgan fingerprint density at radius 2 is 2.00 bits per heavy atom. The fraction of sp³-hybridized carbons (Fsp3) is 0.474. The zero-order valence-corrected chi connectivity index (χ0v) is 15.6. The quantitative estimate of drug-likeness (QED) is 0.805. The first-order chi connectivity index (χ1) is 13.0. The van der Waals surface area contributed by atoms with Crippen LogP contribution in [0.4, 0.5) is 8.78 Å². The second-order valence-electron chi connectivity index (χ2n) is 6.63. The minimum Gasteiger partial charge on any atom is -0.497 e. The van der Waals surface area contributed by atoms with Crippen molar-refractivity contribution in [1.82, 2.24) is 20.0 Å². The van der Waals surface area contributed by atoms with Crippen molar-refractivity contribution in [2.45, 2.75) is 39.4 Å². The standard InChI is InChI=1S/C19H24F2N4O2/c1-3-4-5-24-6-7-25-14(12-24)8-13(23-25)11-22-19(26)18-16(20)9-15(27-2)10-17(18)21/h8-10H,3-7,11-12H2,1-2H3,(H,22,26). The molecule has 27 heavy (non-hydrogen) atoms. The van der Waals surface area contributed by atoms with E-state index in [1.807, 2.05) is 10.7 Å². The summed E-state index contributed by atoms with van der Waals surface area (Å²) in [5.74, 6) is -2.71. The molecular formula is C19H24F2N4O2. The van der Waals surface area contributed by atoms with Crippen molar-refractivity contribution in [1.29, 1.82) is 0 Å². The fourth-order valence-corrected chi connectivity index (χ4v) is 3.18. The number of nitrogens with zero attached hydrogens (tertiary/aromatic N) is 3. The van der Waals surface area contributed by atoms with Crippen molar-refractivity contribution < 1.29 is 18.3 Å². The van der Waals surface area contributed by atoms with Crippen molar-refractivity contribution in [2.24, 2.45) is 0 Å². The van der Waals surface area contributed by atoms with E-state index in [4.69, 9.17) is 4.74 Å². The van der Waals surface area contributed by atoms with Gasteiger partial charge in [0.25, 0.3) is 5.91 Å². The Morgan fingerprint density at radius 3 is 2.67 bits per heavy atom. The van der Waals surface area contributed by atoms with Crippen LogP contribution in [0.1, 0.15) is 41.5 Å². The molecule has 0 fully saturated rings. The van der Waals surface area contributed by atoms with Gasteiger partial charge in [0.2, 0.25) is 0 Å². The van der Waals surface area contributed by atoms with Crippen molar-refractivity contribution >= 4 is 5.91 Å². The van der Waals surface area contributed by atoms with Crippen molar-refractivity contribution in [3.8, 4) is 5.75 Å². The molecule has 1 aliphatic heterocycles. The number of unbranched alkanes of at least 4 members (excludes halogenated alkanes) is 1. The van der Waals surface area contributed by atoms with E-state index in [-0.39, 0.29) is 12.3 Å². The third kappa shape index (κ3) is 4.44. The monoisotopic (exact) mass is 378 g/mol. The Kier molecular flexibility index (Phi) is 6.05. The van der Waals surface area contributed by atoms with E-state index < -0.39 is 23.1 Å². The topological polar surface area (TPSA) is 59.4 Å². The molecular weight excluding hydrogens is 354 g/mol. The summed E-state index contributed by atoms with van der Waals surface area (Å²) in [5.41, 5.74) is 1.14. The lowest BCUT2D eigenvalue weighted by Gasteiger charge is -2.27. The fourth-order valence-electron chi connectivity index (χ4n) is 3.18. The lowest BCUT2D eigenvalue weighted by Crippen LogP contribution is -2.34. The third-order valence-corrected chi connectivity index (χ3v) is 4.66. The Labute approximate surface area is 157 Å². The summed E-state index contributed by atoms with van der Waals surface area (Å²) >= 11 is 0. The molecule has 146 valence electrons. The lowest BCUT2D eigenvalue weighted by atomic mass is 10.1. The predicted octanol–water partition coefficient (Wildman–Crippen LogP) is 2.72. The van der Waals surface area contributed by atoms with Crippen LogP contribution >= 0.6 is 0 Å². The second-order valence-corrected chi connectivity index (χ2v) is 6.63. The molecule has 8 heteroatoms. The molecule has 2 heterocycles. The number of carbonyl (C=O) groups is 1. The molecule has 1 aromatic carbocycles. The second kappa shape index (κ2) is 8.47. The number of halogens is 2. The summed E-state index contributed by atoms with van der Waals surface area (Å²) < 4.78 is 34.7. The van der Waals surface area contributed by atoms with Gasteiger partial charge in [-0.1, -0.05) is 13.3 Å². The predicted molar refractivity (Wildman–Crippen MR) is 96.5 cm³/mol. The highest BCUT2D eigenvalue weighted by atomic mass is 19.1. The van der Waals surface area contributed by atoms with Gasteiger partial charge in [-0.25, -0.2) is 8.78 Å². The number of amides is 1. The van der Waals surface area contributed by atoms with Gasteiger partial charge in [0, 0.05) is 25.2 Å². The highest BCUT2D eigenvalue weighted by molar-refractivity contribution is 5.94. The van der Waals surface area contributed by atoms with Gasteiger partial charge in [0.1, 0.15) is 22.9 Å². The largest absolute Gasteiger partial charge is 0.497 e. The van der Waals surface area contributed by atoms with Gasteiger partial charge in [-0.05, 0) is 19.0 Å². The van der Waals surface area contributed by atoms with E-state index in [9.17, 15) is 13.6 Å². The number of fused-ring (bicyclic) bond motifs is 1. The molecule has 3 rings (SSSR count). The van der Waals surface area contributed by atoms with Gasteiger partial charge in [0.15, 0.2) is 0 Å². The van der Waals surface area contributed by atoms with Crippen LogP contribution in [0.25, 0.3) is 0 Å². The van der Waals surface area contributed by atoms with Crippen molar-refractivity contribution in [2.75, 3.05) is 20.2 Å². The number of benzene rings is 1. The number of ether oxygens (including phenoxy) is 1. The molecule has 0 bridgehead atoms. The van der Waals surface area contributed by atoms with Gasteiger partial charge in [0.05, 0.1) is 31.6 Å². The molecule has 2 aromatic rings. The number of methoxy groups -OCH3 is 1. The van der Waals surface area contributed by atoms with Crippen molar-refractivity contribution in [3.63, 3.8) is 0 Å². The normalized spacial score (nSPS) is 14.1. The van der Waals surface area contributed by atoms with Gasteiger partial charge >= 0.3 is 0 Å². The van der Waals surface area contributed by atoms with E-state index in [0.717, 1.165) is 56.8 Å². The van der Waals surface area contributed by atoms with E-state index in [1.54, 1.807) is 0 Å². The SMILES string of the molecule is CCCCN1CCn2nc(CNC(=O)c3c(F)cc(OC)cc3F)cc2C1. The van der Waals surface area contributed by atoms with Gasteiger partial charge in [-0.2, -0.15) is 5.10 Å². The summed E-state index contributed by atoms with van der Waals surface area (Å²) in [6.07, 6.45) is 2.32. The Bertz CT molecular complexity index is 799. The summed E-state index contributed by atoms with van der Waals surface area (Å²) in [6, 6.07) is 3.90. The smallest absolute Gasteiger partial charge is 0.257 e. The van der Waals surface area contributed by atoms with Crippen LogP contribution in [-0.2, 0) is 19.6 Å². The maximum atomic E-state index is 14.0. The maximum absolute atomic E-state index is 14.0. The minimum absolute atomic E-state index is 0.0240. The molecule has 0 radical (unpaired) electrons. The highest BCUT2D eigenvalue weighted by Gasteiger charge is 2.21. The van der Waals surface area contributed by atoms with Crippen LogP contribution in [0.3, 0.4) is 0 Å². The maximum Gasteiger partial charge on any atom is 0.257 e. The Balaban J connectivity index is 1.63. The summed E-state index contributed by atoms with van der Waals surface area (Å²) in [4.78, 5) is 14.6. The molecule has 1 aliphatic rings. The van der Waals surface area contributed by atoms with Crippen LogP contribution in [-0.4, -0.2) is 40.8 Å². The number of hydrogen-bond acceptors (Lipinski definition) is 4. The summed E-state index contributed by atoms with van der Waals surface area (Å²) in [6.45, 7) is 5.91. The molecule has 0 atom stereocenters. The molecule has 0 spiro atoms. The molecule has 6 nitrogen and oxygen atoms in total. The van der Waals surface area contributed by atoms with Crippen LogP contribution in [0.15, 0.2) is 18.2 Å². The average Bonchev–Trinajstić information content (AvgIpc) is 3.06. The van der Waals surface area contributed by atoms with Crippen molar-refractivity contribution in [3.05, 3.63) is 46.8 Å². The Morgan fingerprint density at radius 1 is 1.26 bits per heavy atom. The molecule has 0 saturated carbocycles. The molecule has 0 unspecified atom stereocenters. The number of aromatic nitrogens is 2. The van der Waals surface area contributed by atoms with E-state index in [1.165, 1.54) is 7.11 Å². The molecule has 1 aromatic heterocycles. The first-order valence-electron chi connectivity index (χ1n) is 9.11. The number of nitrogens with one attached hydrogen (secondary N) is 1. The number of hydrogen-bond donors (Lipinski definition) is 1.